The van der Waals surface area contributed by atoms with Gasteiger partial charge in [-0.2, -0.15) is 4.31 Å². The van der Waals surface area contributed by atoms with Crippen molar-refractivity contribution in [3.05, 3.63) is 0 Å². The van der Waals surface area contributed by atoms with E-state index < -0.39 is 33.9 Å². The van der Waals surface area contributed by atoms with Crippen molar-refractivity contribution in [2.75, 3.05) is 25.9 Å². The highest BCUT2D eigenvalue weighted by molar-refractivity contribution is 7.88. The van der Waals surface area contributed by atoms with Crippen molar-refractivity contribution in [3.63, 3.8) is 0 Å². The lowest BCUT2D eigenvalue weighted by molar-refractivity contribution is -0.131. The lowest BCUT2D eigenvalue weighted by Gasteiger charge is -2.40. The summed E-state index contributed by atoms with van der Waals surface area (Å²) in [6.07, 6.45) is 12.0. The number of rotatable bonds is 7. The van der Waals surface area contributed by atoms with Gasteiger partial charge in [-0.25, -0.2) is 13.2 Å². The summed E-state index contributed by atoms with van der Waals surface area (Å²) in [5.74, 6) is -0.828. The number of piperazine rings is 1. The highest BCUT2D eigenvalue weighted by Crippen LogP contribution is 2.27. The molecule has 3 rings (SSSR count). The maximum atomic E-state index is 13.3. The van der Waals surface area contributed by atoms with Gasteiger partial charge in [0.2, 0.25) is 21.8 Å². The zero-order valence-electron chi connectivity index (χ0n) is 19.6. The minimum absolute atomic E-state index is 0.0626. The second kappa shape index (κ2) is 11.5. The van der Waals surface area contributed by atoms with Crippen molar-refractivity contribution in [1.82, 2.24) is 19.8 Å². The first-order valence-electron chi connectivity index (χ1n) is 12.3. The number of hydrogen-bond acceptors (Lipinski definition) is 5. The van der Waals surface area contributed by atoms with Crippen LogP contribution >= 0.6 is 0 Å². The Balaban J connectivity index is 1.71. The van der Waals surface area contributed by atoms with Gasteiger partial charge in [-0.05, 0) is 25.2 Å². The Morgan fingerprint density at radius 3 is 2.15 bits per heavy atom. The van der Waals surface area contributed by atoms with E-state index in [9.17, 15) is 22.8 Å². The number of nitrogens with zero attached hydrogens (tertiary/aromatic N) is 2. The third-order valence-corrected chi connectivity index (χ3v) is 8.53. The summed E-state index contributed by atoms with van der Waals surface area (Å²) in [4.78, 5) is 39.8. The maximum absolute atomic E-state index is 13.3. The average molecular weight is 486 g/mol. The highest BCUT2D eigenvalue weighted by Gasteiger charge is 2.40. The SMILES string of the molecule is CS(=O)(=O)N1CCN(C(=O)NC2CCCCC2)[C@@H](C(=O)N[C@@H](CC2CCCCC2)C(N)=O)C1. The van der Waals surface area contributed by atoms with Gasteiger partial charge in [-0.1, -0.05) is 51.4 Å². The van der Waals surface area contributed by atoms with E-state index in [-0.39, 0.29) is 31.7 Å². The zero-order valence-corrected chi connectivity index (χ0v) is 20.4. The van der Waals surface area contributed by atoms with Gasteiger partial charge in [0, 0.05) is 25.7 Å². The molecule has 33 heavy (non-hydrogen) atoms. The number of nitrogens with two attached hydrogens (primary N) is 1. The molecule has 188 valence electrons. The summed E-state index contributed by atoms with van der Waals surface area (Å²) >= 11 is 0. The van der Waals surface area contributed by atoms with Crippen molar-refractivity contribution in [1.29, 1.82) is 0 Å². The number of urea groups is 1. The molecule has 3 fully saturated rings. The molecular formula is C22H39N5O5S. The van der Waals surface area contributed by atoms with Gasteiger partial charge in [0.1, 0.15) is 12.1 Å². The van der Waals surface area contributed by atoms with Crippen LogP contribution in [0.4, 0.5) is 4.79 Å². The predicted molar refractivity (Wildman–Crippen MR) is 125 cm³/mol. The standard InChI is InChI=1S/C22H39N5O5S/c1-33(31,32)26-12-13-27(22(30)24-17-10-6-3-7-11-17)19(15-26)21(29)25-18(20(23)28)14-16-8-4-2-5-9-16/h16-19H,2-15H2,1H3,(H2,23,28)(H,24,30)(H,25,29)/t18-,19+/m0/s1. The van der Waals surface area contributed by atoms with Gasteiger partial charge in [0.25, 0.3) is 0 Å². The van der Waals surface area contributed by atoms with Crippen LogP contribution in [0.2, 0.25) is 0 Å². The maximum Gasteiger partial charge on any atom is 0.318 e. The molecule has 4 amide bonds. The van der Waals surface area contributed by atoms with Gasteiger partial charge in [-0.3, -0.25) is 9.59 Å². The number of carbonyl (C=O) groups excluding carboxylic acids is 3. The van der Waals surface area contributed by atoms with E-state index >= 15 is 0 Å². The molecule has 3 aliphatic rings. The average Bonchev–Trinajstić information content (AvgIpc) is 2.79. The monoisotopic (exact) mass is 485 g/mol. The normalized spacial score (nSPS) is 24.8. The van der Waals surface area contributed by atoms with E-state index in [1.165, 1.54) is 15.6 Å². The van der Waals surface area contributed by atoms with Crippen molar-refractivity contribution >= 4 is 27.9 Å². The summed E-state index contributed by atoms with van der Waals surface area (Å²) in [5.41, 5.74) is 5.59. The van der Waals surface area contributed by atoms with Crippen molar-refractivity contribution in [2.24, 2.45) is 11.7 Å². The molecule has 1 heterocycles. The highest BCUT2D eigenvalue weighted by atomic mass is 32.2. The van der Waals surface area contributed by atoms with Gasteiger partial charge < -0.3 is 21.3 Å². The number of nitrogens with one attached hydrogen (secondary N) is 2. The molecule has 0 unspecified atom stereocenters. The van der Waals surface area contributed by atoms with Crippen LogP contribution in [0, 0.1) is 5.92 Å². The molecule has 0 aromatic heterocycles. The Morgan fingerprint density at radius 2 is 1.58 bits per heavy atom. The van der Waals surface area contributed by atoms with Crippen LogP contribution in [0.15, 0.2) is 0 Å². The van der Waals surface area contributed by atoms with Crippen LogP contribution in [-0.2, 0) is 19.6 Å². The minimum Gasteiger partial charge on any atom is -0.368 e. The lowest BCUT2D eigenvalue weighted by atomic mass is 9.84. The van der Waals surface area contributed by atoms with Crippen LogP contribution in [0.1, 0.15) is 70.6 Å². The summed E-state index contributed by atoms with van der Waals surface area (Å²) < 4.78 is 25.5. The van der Waals surface area contributed by atoms with Crippen molar-refractivity contribution in [3.8, 4) is 0 Å². The van der Waals surface area contributed by atoms with E-state index in [0.29, 0.717) is 12.3 Å². The number of amides is 4. The summed E-state index contributed by atoms with van der Waals surface area (Å²) in [6.45, 7) is 0.0905. The molecule has 1 saturated heterocycles. The molecular weight excluding hydrogens is 446 g/mol. The number of sulfonamides is 1. The van der Waals surface area contributed by atoms with Gasteiger partial charge in [0.05, 0.1) is 6.26 Å². The third kappa shape index (κ3) is 7.30. The molecule has 11 heteroatoms. The molecule has 1 aliphatic heterocycles. The quantitative estimate of drug-likeness (QED) is 0.491. The predicted octanol–water partition coefficient (Wildman–Crippen LogP) is 0.915. The van der Waals surface area contributed by atoms with E-state index in [0.717, 1.165) is 64.0 Å². The van der Waals surface area contributed by atoms with Gasteiger partial charge >= 0.3 is 6.03 Å². The van der Waals surface area contributed by atoms with E-state index in [2.05, 4.69) is 10.6 Å². The second-order valence-electron chi connectivity index (χ2n) is 9.82. The van der Waals surface area contributed by atoms with E-state index in [1.54, 1.807) is 0 Å². The van der Waals surface area contributed by atoms with Crippen molar-refractivity contribution in [2.45, 2.75) is 88.8 Å². The number of carbonyl (C=O) groups is 3. The summed E-state index contributed by atoms with van der Waals surface area (Å²) in [7, 11) is -3.53. The molecule has 0 bridgehead atoms. The van der Waals surface area contributed by atoms with E-state index in [4.69, 9.17) is 5.73 Å². The first-order chi connectivity index (χ1) is 15.6. The van der Waals surface area contributed by atoms with Crippen molar-refractivity contribution < 1.29 is 22.8 Å². The summed E-state index contributed by atoms with van der Waals surface area (Å²) in [6, 6.07) is -2.16. The Bertz CT molecular complexity index is 808. The Labute approximate surface area is 197 Å². The molecule has 0 spiro atoms. The van der Waals surface area contributed by atoms with Crippen LogP contribution in [0.5, 0.6) is 0 Å². The molecule has 4 N–H and O–H groups in total. The third-order valence-electron chi connectivity index (χ3n) is 7.26. The van der Waals surface area contributed by atoms with Gasteiger partial charge in [0.15, 0.2) is 0 Å². The number of primary amides is 1. The molecule has 2 saturated carbocycles. The van der Waals surface area contributed by atoms with E-state index in [1.807, 2.05) is 0 Å². The van der Waals surface area contributed by atoms with Gasteiger partial charge in [-0.15, -0.1) is 0 Å². The molecule has 10 nitrogen and oxygen atoms in total. The fraction of sp³-hybridized carbons (Fsp3) is 0.864. The van der Waals surface area contributed by atoms with Crippen LogP contribution in [0.25, 0.3) is 0 Å². The first kappa shape index (κ1) is 25.7. The van der Waals surface area contributed by atoms with Crippen LogP contribution in [0.3, 0.4) is 0 Å². The molecule has 2 aliphatic carbocycles. The minimum atomic E-state index is -3.53. The topological polar surface area (TPSA) is 142 Å². The molecule has 0 radical (unpaired) electrons. The Kier molecular flexibility index (Phi) is 8.97. The zero-order chi connectivity index (χ0) is 24.0. The molecule has 0 aromatic rings. The second-order valence-corrected chi connectivity index (χ2v) is 11.8. The lowest BCUT2D eigenvalue weighted by Crippen LogP contribution is -2.65. The Morgan fingerprint density at radius 1 is 0.970 bits per heavy atom. The largest absolute Gasteiger partial charge is 0.368 e. The fourth-order valence-electron chi connectivity index (χ4n) is 5.30. The first-order valence-corrected chi connectivity index (χ1v) is 14.1. The van der Waals surface area contributed by atoms with Crippen LogP contribution < -0.4 is 16.4 Å². The fourth-order valence-corrected chi connectivity index (χ4v) is 6.13. The number of hydrogen-bond donors (Lipinski definition) is 3. The van der Waals surface area contributed by atoms with Crippen LogP contribution in [-0.4, -0.2) is 79.5 Å². The molecule has 0 aromatic carbocycles. The Hall–Kier alpha value is -1.88. The smallest absolute Gasteiger partial charge is 0.318 e. The summed E-state index contributed by atoms with van der Waals surface area (Å²) in [5, 5.41) is 5.75. The molecule has 2 atom stereocenters.